The molecule has 0 aromatic carbocycles. The molecule has 1 saturated heterocycles. The first kappa shape index (κ1) is 16.8. The Kier molecular flexibility index (Phi) is 5.02. The second kappa shape index (κ2) is 6.28. The number of rotatable bonds is 5. The molecule has 1 aliphatic carbocycles. The Morgan fingerprint density at radius 3 is 2.48 bits per heavy atom. The van der Waals surface area contributed by atoms with Gasteiger partial charge < -0.3 is 4.90 Å². The molecule has 4 unspecified atom stereocenters. The van der Waals surface area contributed by atoms with E-state index >= 15 is 0 Å². The molecule has 1 heterocycles. The number of nitrogens with zero attached hydrogens (tertiary/aromatic N) is 1. The molecule has 0 bridgehead atoms. The van der Waals surface area contributed by atoms with E-state index in [-0.39, 0.29) is 17.6 Å². The fraction of sp³-hybridized carbons (Fsp3) is 0.944. The molecule has 1 aliphatic heterocycles. The zero-order valence-corrected chi connectivity index (χ0v) is 14.8. The molecule has 1 saturated carbocycles. The van der Waals surface area contributed by atoms with Gasteiger partial charge in [-0.05, 0) is 36.5 Å². The van der Waals surface area contributed by atoms with Gasteiger partial charge in [0.15, 0.2) is 0 Å². The van der Waals surface area contributed by atoms with Crippen molar-refractivity contribution in [1.82, 2.24) is 10.2 Å². The minimum Gasteiger partial charge on any atom is -0.322 e. The maximum atomic E-state index is 13.0. The van der Waals surface area contributed by atoms with Gasteiger partial charge in [-0.3, -0.25) is 10.1 Å². The Balaban J connectivity index is 2.23. The van der Waals surface area contributed by atoms with Crippen LogP contribution in [0.2, 0.25) is 0 Å². The van der Waals surface area contributed by atoms with Crippen LogP contribution in [0, 0.1) is 17.3 Å². The summed E-state index contributed by atoms with van der Waals surface area (Å²) in [6, 6.07) is 0.436. The normalized spacial score (nSPS) is 34.0. The number of hydrogen-bond acceptors (Lipinski definition) is 2. The zero-order valence-electron chi connectivity index (χ0n) is 14.8. The molecule has 2 aliphatic rings. The predicted octanol–water partition coefficient (Wildman–Crippen LogP) is 3.78. The lowest BCUT2D eigenvalue weighted by Crippen LogP contribution is -2.49. The Bertz CT molecular complexity index is 377. The smallest absolute Gasteiger partial charge is 0.241 e. The highest BCUT2D eigenvalue weighted by molar-refractivity contribution is 5.85. The highest BCUT2D eigenvalue weighted by atomic mass is 16.2. The standard InChI is InChI=1S/C18H34N2O/c1-7-13(4)16-17(21)20(15(19-16)11-12(2)3)14-9-8-10-18(14,5)6/h12-16,19H,7-11H2,1-6H3. The van der Waals surface area contributed by atoms with Gasteiger partial charge in [-0.25, -0.2) is 0 Å². The number of carbonyl (C=O) groups excluding carboxylic acids is 1. The second-order valence-electron chi connectivity index (χ2n) is 8.32. The summed E-state index contributed by atoms with van der Waals surface area (Å²) in [6.07, 6.45) is 6.01. The van der Waals surface area contributed by atoms with Crippen molar-refractivity contribution in [3.05, 3.63) is 0 Å². The van der Waals surface area contributed by atoms with Crippen LogP contribution in [0.3, 0.4) is 0 Å². The summed E-state index contributed by atoms with van der Waals surface area (Å²) in [5.74, 6) is 1.38. The molecule has 4 atom stereocenters. The zero-order chi connectivity index (χ0) is 15.8. The van der Waals surface area contributed by atoms with Crippen molar-refractivity contribution >= 4 is 5.91 Å². The van der Waals surface area contributed by atoms with Crippen LogP contribution >= 0.6 is 0 Å². The predicted molar refractivity (Wildman–Crippen MR) is 87.9 cm³/mol. The summed E-state index contributed by atoms with van der Waals surface area (Å²) in [6.45, 7) is 13.5. The molecule has 0 aromatic rings. The van der Waals surface area contributed by atoms with E-state index in [2.05, 4.69) is 51.8 Å². The topological polar surface area (TPSA) is 32.3 Å². The third-order valence-electron chi connectivity index (χ3n) is 5.67. The second-order valence-corrected chi connectivity index (χ2v) is 8.32. The number of carbonyl (C=O) groups is 1. The minimum atomic E-state index is 0.0233. The van der Waals surface area contributed by atoms with E-state index in [1.165, 1.54) is 19.3 Å². The van der Waals surface area contributed by atoms with Gasteiger partial charge >= 0.3 is 0 Å². The Morgan fingerprint density at radius 2 is 2.00 bits per heavy atom. The first-order valence-corrected chi connectivity index (χ1v) is 8.86. The van der Waals surface area contributed by atoms with Crippen molar-refractivity contribution in [3.8, 4) is 0 Å². The van der Waals surface area contributed by atoms with Crippen molar-refractivity contribution in [2.24, 2.45) is 17.3 Å². The molecule has 3 nitrogen and oxygen atoms in total. The van der Waals surface area contributed by atoms with Crippen LogP contribution in [-0.2, 0) is 4.79 Å². The molecule has 0 aromatic heterocycles. The Hall–Kier alpha value is -0.570. The lowest BCUT2D eigenvalue weighted by Gasteiger charge is -2.39. The molecule has 2 rings (SSSR count). The number of amides is 1. The molecule has 0 radical (unpaired) electrons. The lowest BCUT2D eigenvalue weighted by atomic mass is 9.85. The summed E-state index contributed by atoms with van der Waals surface area (Å²) >= 11 is 0. The van der Waals surface area contributed by atoms with Crippen LogP contribution in [0.25, 0.3) is 0 Å². The third-order valence-corrected chi connectivity index (χ3v) is 5.67. The van der Waals surface area contributed by atoms with Crippen LogP contribution in [0.15, 0.2) is 0 Å². The first-order chi connectivity index (χ1) is 9.77. The summed E-state index contributed by atoms with van der Waals surface area (Å²) in [7, 11) is 0. The maximum Gasteiger partial charge on any atom is 0.241 e. The molecule has 1 N–H and O–H groups in total. The monoisotopic (exact) mass is 294 g/mol. The molecule has 0 spiro atoms. The van der Waals surface area contributed by atoms with Crippen LogP contribution in [-0.4, -0.2) is 29.1 Å². The first-order valence-electron chi connectivity index (χ1n) is 8.86. The summed E-state index contributed by atoms with van der Waals surface area (Å²) in [5, 5.41) is 3.66. The SMILES string of the molecule is CCC(C)C1NC(CC(C)C)N(C2CCCC2(C)C)C1=O. The van der Waals surface area contributed by atoms with E-state index in [4.69, 9.17) is 0 Å². The molecule has 21 heavy (non-hydrogen) atoms. The van der Waals surface area contributed by atoms with E-state index in [1.54, 1.807) is 0 Å². The largest absolute Gasteiger partial charge is 0.322 e. The van der Waals surface area contributed by atoms with Crippen molar-refractivity contribution in [3.63, 3.8) is 0 Å². The van der Waals surface area contributed by atoms with E-state index < -0.39 is 0 Å². The third kappa shape index (κ3) is 3.28. The van der Waals surface area contributed by atoms with Gasteiger partial charge in [0.05, 0.1) is 12.2 Å². The fourth-order valence-corrected chi connectivity index (χ4v) is 4.14. The van der Waals surface area contributed by atoms with Crippen LogP contribution < -0.4 is 5.32 Å². The molecule has 1 amide bonds. The van der Waals surface area contributed by atoms with Crippen molar-refractivity contribution in [2.75, 3.05) is 0 Å². The Labute approximate surface area is 130 Å². The molecular weight excluding hydrogens is 260 g/mol. The van der Waals surface area contributed by atoms with E-state index in [0.717, 1.165) is 12.8 Å². The van der Waals surface area contributed by atoms with E-state index in [1.807, 2.05) is 0 Å². The summed E-state index contributed by atoms with van der Waals surface area (Å²) in [5.41, 5.74) is 0.261. The maximum absolute atomic E-state index is 13.0. The van der Waals surface area contributed by atoms with Crippen LogP contribution in [0.4, 0.5) is 0 Å². The van der Waals surface area contributed by atoms with Gasteiger partial charge in [-0.15, -0.1) is 0 Å². The van der Waals surface area contributed by atoms with Gasteiger partial charge in [-0.2, -0.15) is 0 Å². The minimum absolute atomic E-state index is 0.0233. The van der Waals surface area contributed by atoms with E-state index in [0.29, 0.717) is 23.8 Å². The Morgan fingerprint density at radius 1 is 1.33 bits per heavy atom. The fourth-order valence-electron chi connectivity index (χ4n) is 4.14. The number of hydrogen-bond donors (Lipinski definition) is 1. The number of nitrogens with one attached hydrogen (secondary N) is 1. The van der Waals surface area contributed by atoms with Gasteiger partial charge in [0.25, 0.3) is 0 Å². The lowest BCUT2D eigenvalue weighted by molar-refractivity contribution is -0.135. The molecule has 2 fully saturated rings. The average molecular weight is 294 g/mol. The average Bonchev–Trinajstić information content (AvgIpc) is 2.88. The van der Waals surface area contributed by atoms with Gasteiger partial charge in [-0.1, -0.05) is 54.4 Å². The van der Waals surface area contributed by atoms with Gasteiger partial charge in [0.2, 0.25) is 5.91 Å². The summed E-state index contributed by atoms with van der Waals surface area (Å²) < 4.78 is 0. The molecular formula is C18H34N2O. The van der Waals surface area contributed by atoms with Crippen molar-refractivity contribution in [1.29, 1.82) is 0 Å². The van der Waals surface area contributed by atoms with Crippen molar-refractivity contribution in [2.45, 2.75) is 91.9 Å². The van der Waals surface area contributed by atoms with Crippen molar-refractivity contribution < 1.29 is 4.79 Å². The van der Waals surface area contributed by atoms with Gasteiger partial charge in [0.1, 0.15) is 0 Å². The molecule has 122 valence electrons. The molecule has 3 heteroatoms. The quantitative estimate of drug-likeness (QED) is 0.837. The van der Waals surface area contributed by atoms with Crippen LogP contribution in [0.1, 0.15) is 73.6 Å². The van der Waals surface area contributed by atoms with E-state index in [9.17, 15) is 4.79 Å². The summed E-state index contributed by atoms with van der Waals surface area (Å²) in [4.78, 5) is 15.3. The highest BCUT2D eigenvalue weighted by Crippen LogP contribution is 2.43. The highest BCUT2D eigenvalue weighted by Gasteiger charge is 2.49. The van der Waals surface area contributed by atoms with Gasteiger partial charge in [0, 0.05) is 6.04 Å². The van der Waals surface area contributed by atoms with Crippen LogP contribution in [0.5, 0.6) is 0 Å².